The van der Waals surface area contributed by atoms with E-state index >= 15 is 0 Å². The molecule has 0 radical (unpaired) electrons. The standard InChI is InChI=1S/C28H25F3N2O4/c1-18-26(33-27(37-18)20-6-10-22(11-7-20)28(29,30)31)17-36-24-5-3-4-21(16-24)25(14-15-32-34)19-8-12-23(35-2)13-9-19/h3-14,16,32,34H,15,17H2,1-2H3/b25-14+. The molecular formula is C28H25F3N2O4. The van der Waals surface area contributed by atoms with Crippen molar-refractivity contribution in [3.05, 3.63) is 107 Å². The van der Waals surface area contributed by atoms with Crippen LogP contribution in [0.15, 0.2) is 83.3 Å². The quantitative estimate of drug-likeness (QED) is 0.245. The SMILES string of the molecule is COc1ccc(/C(=C\CNO)c2cccc(OCc3nc(-c4ccc(C(F)(F)F)cc4)oc3C)c2)cc1. The molecule has 0 aliphatic carbocycles. The summed E-state index contributed by atoms with van der Waals surface area (Å²) in [6.45, 7) is 2.08. The molecule has 0 unspecified atom stereocenters. The molecule has 0 saturated heterocycles. The van der Waals surface area contributed by atoms with Crippen molar-refractivity contribution in [3.8, 4) is 23.0 Å². The van der Waals surface area contributed by atoms with Crippen molar-refractivity contribution >= 4 is 5.57 Å². The van der Waals surface area contributed by atoms with Gasteiger partial charge >= 0.3 is 6.18 Å². The van der Waals surface area contributed by atoms with E-state index in [1.165, 1.54) is 12.1 Å². The Labute approximate surface area is 212 Å². The van der Waals surface area contributed by atoms with E-state index in [4.69, 9.17) is 19.1 Å². The number of ether oxygens (including phenoxy) is 2. The van der Waals surface area contributed by atoms with E-state index in [2.05, 4.69) is 10.5 Å². The lowest BCUT2D eigenvalue weighted by Gasteiger charge is -2.12. The van der Waals surface area contributed by atoms with Gasteiger partial charge in [0.1, 0.15) is 29.6 Å². The van der Waals surface area contributed by atoms with Crippen LogP contribution in [-0.2, 0) is 12.8 Å². The number of rotatable bonds is 9. The number of halogens is 3. The van der Waals surface area contributed by atoms with Gasteiger partial charge in [-0.15, -0.1) is 0 Å². The van der Waals surface area contributed by atoms with E-state index in [0.717, 1.165) is 34.6 Å². The fourth-order valence-corrected chi connectivity index (χ4v) is 3.71. The minimum absolute atomic E-state index is 0.110. The van der Waals surface area contributed by atoms with Gasteiger partial charge in [0.15, 0.2) is 0 Å². The summed E-state index contributed by atoms with van der Waals surface area (Å²) in [4.78, 5) is 4.42. The lowest BCUT2D eigenvalue weighted by atomic mass is 9.97. The maximum atomic E-state index is 12.8. The van der Waals surface area contributed by atoms with Gasteiger partial charge < -0.3 is 19.1 Å². The molecule has 1 heterocycles. The highest BCUT2D eigenvalue weighted by Crippen LogP contribution is 2.32. The summed E-state index contributed by atoms with van der Waals surface area (Å²) in [5.41, 5.74) is 5.08. The van der Waals surface area contributed by atoms with Crippen LogP contribution in [-0.4, -0.2) is 23.8 Å². The van der Waals surface area contributed by atoms with Gasteiger partial charge in [-0.3, -0.25) is 0 Å². The number of aryl methyl sites for hydroxylation is 1. The highest BCUT2D eigenvalue weighted by molar-refractivity contribution is 5.80. The number of nitrogens with one attached hydrogen (secondary N) is 1. The topological polar surface area (TPSA) is 76.8 Å². The Kier molecular flexibility index (Phi) is 7.95. The monoisotopic (exact) mass is 510 g/mol. The van der Waals surface area contributed by atoms with Gasteiger partial charge in [0, 0.05) is 12.1 Å². The van der Waals surface area contributed by atoms with Crippen LogP contribution in [0, 0.1) is 6.92 Å². The summed E-state index contributed by atoms with van der Waals surface area (Å²) >= 11 is 0. The molecule has 0 fully saturated rings. The Bertz CT molecular complexity index is 1360. The zero-order valence-corrected chi connectivity index (χ0v) is 20.2. The third-order valence-corrected chi connectivity index (χ3v) is 5.67. The molecule has 0 aliphatic rings. The molecule has 3 aromatic carbocycles. The van der Waals surface area contributed by atoms with Gasteiger partial charge in [0.05, 0.1) is 12.7 Å². The van der Waals surface area contributed by atoms with Gasteiger partial charge in [-0.2, -0.15) is 13.2 Å². The van der Waals surface area contributed by atoms with Gasteiger partial charge in [-0.25, -0.2) is 10.5 Å². The summed E-state index contributed by atoms with van der Waals surface area (Å²) < 4.78 is 55.4. The smallest absolute Gasteiger partial charge is 0.416 e. The molecule has 6 nitrogen and oxygen atoms in total. The number of benzene rings is 3. The Hall–Kier alpha value is -4.08. The molecule has 9 heteroatoms. The summed E-state index contributed by atoms with van der Waals surface area (Å²) in [5, 5.41) is 9.11. The van der Waals surface area contributed by atoms with Crippen LogP contribution >= 0.6 is 0 Å². The average molecular weight is 511 g/mol. The lowest BCUT2D eigenvalue weighted by Crippen LogP contribution is -2.06. The molecule has 4 rings (SSSR count). The molecule has 4 aromatic rings. The van der Waals surface area contributed by atoms with Crippen molar-refractivity contribution in [2.45, 2.75) is 19.7 Å². The number of methoxy groups -OCH3 is 1. The van der Waals surface area contributed by atoms with Gasteiger partial charge in [-0.1, -0.05) is 30.3 Å². The Morgan fingerprint density at radius 2 is 1.73 bits per heavy atom. The van der Waals surface area contributed by atoms with Gasteiger partial charge in [-0.05, 0) is 72.2 Å². The molecule has 0 atom stereocenters. The summed E-state index contributed by atoms with van der Waals surface area (Å²) in [6.07, 6.45) is -2.55. The third-order valence-electron chi connectivity index (χ3n) is 5.67. The van der Waals surface area contributed by atoms with E-state index in [0.29, 0.717) is 22.8 Å². The number of oxazole rings is 1. The fourth-order valence-electron chi connectivity index (χ4n) is 3.71. The Morgan fingerprint density at radius 1 is 1.00 bits per heavy atom. The second-order valence-electron chi connectivity index (χ2n) is 8.12. The molecule has 0 aliphatic heterocycles. The van der Waals surface area contributed by atoms with Crippen LogP contribution in [0.25, 0.3) is 17.0 Å². The second kappa shape index (κ2) is 11.3. The molecule has 1 aromatic heterocycles. The third kappa shape index (κ3) is 6.38. The lowest BCUT2D eigenvalue weighted by molar-refractivity contribution is -0.137. The first-order chi connectivity index (χ1) is 17.8. The van der Waals surface area contributed by atoms with Crippen molar-refractivity contribution in [3.63, 3.8) is 0 Å². The van der Waals surface area contributed by atoms with Crippen molar-refractivity contribution < 1.29 is 32.3 Å². The van der Waals surface area contributed by atoms with Crippen molar-refractivity contribution in [1.82, 2.24) is 10.5 Å². The van der Waals surface area contributed by atoms with Crippen LogP contribution in [0.5, 0.6) is 11.5 Å². The molecule has 0 bridgehead atoms. The predicted molar refractivity (Wildman–Crippen MR) is 132 cm³/mol. The number of alkyl halides is 3. The van der Waals surface area contributed by atoms with Crippen LogP contribution in [0.1, 0.15) is 28.1 Å². The van der Waals surface area contributed by atoms with Crippen LogP contribution in [0.3, 0.4) is 0 Å². The van der Waals surface area contributed by atoms with Crippen molar-refractivity contribution in [1.29, 1.82) is 0 Å². The maximum absolute atomic E-state index is 12.8. The highest BCUT2D eigenvalue weighted by atomic mass is 19.4. The van der Waals surface area contributed by atoms with E-state index in [9.17, 15) is 13.2 Å². The molecular weight excluding hydrogens is 485 g/mol. The number of nitrogens with zero attached hydrogens (tertiary/aromatic N) is 1. The van der Waals surface area contributed by atoms with Gasteiger partial charge in [0.2, 0.25) is 5.89 Å². The summed E-state index contributed by atoms with van der Waals surface area (Å²) in [5.74, 6) is 2.06. The first-order valence-electron chi connectivity index (χ1n) is 11.4. The largest absolute Gasteiger partial charge is 0.497 e. The molecule has 37 heavy (non-hydrogen) atoms. The Morgan fingerprint density at radius 3 is 2.38 bits per heavy atom. The number of hydrogen-bond donors (Lipinski definition) is 2. The predicted octanol–water partition coefficient (Wildman–Crippen LogP) is 6.67. The highest BCUT2D eigenvalue weighted by Gasteiger charge is 2.30. The second-order valence-corrected chi connectivity index (χ2v) is 8.12. The van der Waals surface area contributed by atoms with Crippen molar-refractivity contribution in [2.24, 2.45) is 0 Å². The van der Waals surface area contributed by atoms with Crippen LogP contribution in [0.4, 0.5) is 13.2 Å². The maximum Gasteiger partial charge on any atom is 0.416 e. The first kappa shape index (κ1) is 26.0. The fraction of sp³-hybridized carbons (Fsp3) is 0.179. The summed E-state index contributed by atoms with van der Waals surface area (Å²) in [7, 11) is 1.60. The first-order valence-corrected chi connectivity index (χ1v) is 11.4. The zero-order valence-electron chi connectivity index (χ0n) is 20.2. The number of hydrogen-bond acceptors (Lipinski definition) is 6. The normalized spacial score (nSPS) is 12.0. The molecule has 2 N–H and O–H groups in total. The van der Waals surface area contributed by atoms with E-state index in [-0.39, 0.29) is 19.0 Å². The minimum atomic E-state index is -4.41. The number of hydroxylamine groups is 1. The number of aromatic nitrogens is 1. The Balaban J connectivity index is 1.51. The van der Waals surface area contributed by atoms with Crippen molar-refractivity contribution in [2.75, 3.05) is 13.7 Å². The van der Waals surface area contributed by atoms with E-state index in [1.807, 2.05) is 54.6 Å². The minimum Gasteiger partial charge on any atom is -0.497 e. The van der Waals surface area contributed by atoms with Gasteiger partial charge in [0.25, 0.3) is 0 Å². The average Bonchev–Trinajstić information content (AvgIpc) is 3.28. The van der Waals surface area contributed by atoms with E-state index < -0.39 is 11.7 Å². The molecule has 0 saturated carbocycles. The molecule has 192 valence electrons. The van der Waals surface area contributed by atoms with E-state index in [1.54, 1.807) is 14.0 Å². The summed E-state index contributed by atoms with van der Waals surface area (Å²) in [6, 6.07) is 19.7. The molecule has 0 amide bonds. The zero-order chi connectivity index (χ0) is 26.4. The molecule has 0 spiro atoms. The van der Waals surface area contributed by atoms with Crippen LogP contribution in [0.2, 0.25) is 0 Å². The van der Waals surface area contributed by atoms with Crippen LogP contribution < -0.4 is 15.0 Å².